The molecule has 0 saturated carbocycles. The van der Waals surface area contributed by atoms with Gasteiger partial charge in [-0.15, -0.1) is 6.58 Å². The number of benzene rings is 2. The molecule has 1 amide bonds. The van der Waals surface area contributed by atoms with Gasteiger partial charge >= 0.3 is 5.91 Å². The van der Waals surface area contributed by atoms with Crippen molar-refractivity contribution in [3.63, 3.8) is 0 Å². The minimum absolute atomic E-state index is 0.179. The van der Waals surface area contributed by atoms with E-state index in [4.69, 9.17) is 13.9 Å². The van der Waals surface area contributed by atoms with Crippen molar-refractivity contribution in [1.82, 2.24) is 5.43 Å². The van der Waals surface area contributed by atoms with Gasteiger partial charge in [-0.2, -0.15) is 5.10 Å². The fourth-order valence-electron chi connectivity index (χ4n) is 2.87. The molecule has 0 saturated heterocycles. The van der Waals surface area contributed by atoms with E-state index in [0.29, 0.717) is 30.1 Å². The third-order valence-electron chi connectivity index (χ3n) is 4.17. The van der Waals surface area contributed by atoms with Crippen molar-refractivity contribution in [3.8, 4) is 11.5 Å². The first-order valence-electron chi connectivity index (χ1n) is 9.13. The second-order valence-electron chi connectivity index (χ2n) is 6.30. The summed E-state index contributed by atoms with van der Waals surface area (Å²) in [5.41, 5.74) is 4.74. The smallest absolute Gasteiger partial charge is 0.307 e. The van der Waals surface area contributed by atoms with Crippen LogP contribution in [0.1, 0.15) is 21.7 Å². The number of rotatable bonds is 9. The number of carbonyl (C=O) groups excluding carboxylic acids is 1. The van der Waals surface area contributed by atoms with Crippen LogP contribution in [0.25, 0.3) is 11.0 Å². The highest BCUT2D eigenvalue weighted by molar-refractivity contribution is 9.10. The number of hydrazone groups is 1. The van der Waals surface area contributed by atoms with E-state index >= 15 is 0 Å². The van der Waals surface area contributed by atoms with Crippen molar-refractivity contribution in [3.05, 3.63) is 83.1 Å². The predicted molar refractivity (Wildman–Crippen MR) is 122 cm³/mol. The van der Waals surface area contributed by atoms with Gasteiger partial charge in [0.25, 0.3) is 0 Å². The molecular weight excluding hydrogens is 448 g/mol. The fraction of sp³-hybridized carbons (Fsp3) is 0.130. The molecule has 30 heavy (non-hydrogen) atoms. The number of amides is 1. The lowest BCUT2D eigenvalue weighted by Crippen LogP contribution is -2.16. The average Bonchev–Trinajstić information content (AvgIpc) is 3.16. The molecule has 0 aliphatic heterocycles. The molecule has 1 N–H and O–H groups in total. The van der Waals surface area contributed by atoms with Crippen molar-refractivity contribution in [2.75, 3.05) is 13.7 Å². The van der Waals surface area contributed by atoms with Crippen LogP contribution in [0, 0.1) is 0 Å². The molecule has 154 valence electrons. The van der Waals surface area contributed by atoms with E-state index in [1.165, 1.54) is 6.21 Å². The summed E-state index contributed by atoms with van der Waals surface area (Å²) in [6.45, 7) is 7.81. The molecule has 1 aromatic heterocycles. The van der Waals surface area contributed by atoms with E-state index in [9.17, 15) is 4.79 Å². The first-order valence-corrected chi connectivity index (χ1v) is 9.93. The zero-order chi connectivity index (χ0) is 21.5. The molecule has 0 aliphatic rings. The number of allylic oxidation sites excluding steroid dienone is 1. The molecule has 7 heteroatoms. The standard InChI is InChI=1S/C23H21BrN2O4/c1-4-6-16-10-15(11-20(28-3)22(16)29-9-5-2)14-25-26-23(27)21-13-17-12-18(24)7-8-19(17)30-21/h4-5,7-8,10-14H,1-2,6,9H2,3H3,(H,26,27)/b25-14+. The Labute approximate surface area is 183 Å². The van der Waals surface area contributed by atoms with E-state index < -0.39 is 5.91 Å². The first-order chi connectivity index (χ1) is 14.5. The monoisotopic (exact) mass is 468 g/mol. The largest absolute Gasteiger partial charge is 0.493 e. The number of carbonyl (C=O) groups is 1. The van der Waals surface area contributed by atoms with Gasteiger partial charge in [-0.25, -0.2) is 5.43 Å². The van der Waals surface area contributed by atoms with Crippen LogP contribution < -0.4 is 14.9 Å². The topological polar surface area (TPSA) is 73.1 Å². The van der Waals surface area contributed by atoms with Crippen LogP contribution in [0.3, 0.4) is 0 Å². The third kappa shape index (κ3) is 4.99. The zero-order valence-corrected chi connectivity index (χ0v) is 18.1. The summed E-state index contributed by atoms with van der Waals surface area (Å²) in [5, 5.41) is 4.87. The van der Waals surface area contributed by atoms with E-state index in [1.54, 1.807) is 37.5 Å². The summed E-state index contributed by atoms with van der Waals surface area (Å²) in [6.07, 6.45) is 5.56. The Balaban J connectivity index is 1.78. The number of furan rings is 1. The molecular formula is C23H21BrN2O4. The van der Waals surface area contributed by atoms with Crippen molar-refractivity contribution in [1.29, 1.82) is 0 Å². The van der Waals surface area contributed by atoms with Crippen LogP contribution in [0.5, 0.6) is 11.5 Å². The lowest BCUT2D eigenvalue weighted by Gasteiger charge is -2.14. The Morgan fingerprint density at radius 1 is 1.23 bits per heavy atom. The van der Waals surface area contributed by atoms with Crippen molar-refractivity contribution in [2.24, 2.45) is 5.10 Å². The molecule has 0 spiro atoms. The van der Waals surface area contributed by atoms with Gasteiger partial charge in [-0.3, -0.25) is 4.79 Å². The lowest BCUT2D eigenvalue weighted by molar-refractivity contribution is 0.0929. The number of fused-ring (bicyclic) bond motifs is 1. The Morgan fingerprint density at radius 3 is 2.80 bits per heavy atom. The van der Waals surface area contributed by atoms with Gasteiger partial charge in [0.05, 0.1) is 13.3 Å². The SMILES string of the molecule is C=CCOc1c(CC=C)cc(/C=N/NC(=O)c2cc3cc(Br)ccc3o2)cc1OC. The van der Waals surface area contributed by atoms with Gasteiger partial charge in [0, 0.05) is 15.4 Å². The molecule has 2 aromatic carbocycles. The third-order valence-corrected chi connectivity index (χ3v) is 4.66. The van der Waals surface area contributed by atoms with Gasteiger partial charge in [-0.1, -0.05) is 34.7 Å². The van der Waals surface area contributed by atoms with E-state index in [-0.39, 0.29) is 5.76 Å². The number of ether oxygens (including phenoxy) is 2. The molecule has 0 aliphatic carbocycles. The highest BCUT2D eigenvalue weighted by Gasteiger charge is 2.13. The Bertz CT molecular complexity index is 1120. The minimum atomic E-state index is -0.442. The summed E-state index contributed by atoms with van der Waals surface area (Å²) in [7, 11) is 1.57. The van der Waals surface area contributed by atoms with Crippen molar-refractivity contribution in [2.45, 2.75) is 6.42 Å². The average molecular weight is 469 g/mol. The second kappa shape index (κ2) is 9.93. The number of nitrogens with one attached hydrogen (secondary N) is 1. The maximum Gasteiger partial charge on any atom is 0.307 e. The van der Waals surface area contributed by atoms with Gasteiger partial charge in [-0.05, 0) is 48.4 Å². The molecule has 0 bridgehead atoms. The highest BCUT2D eigenvalue weighted by Crippen LogP contribution is 2.33. The molecule has 1 heterocycles. The highest BCUT2D eigenvalue weighted by atomic mass is 79.9. The van der Waals surface area contributed by atoms with Crippen LogP contribution in [0.15, 0.2) is 75.7 Å². The second-order valence-corrected chi connectivity index (χ2v) is 7.21. The maximum atomic E-state index is 12.4. The summed E-state index contributed by atoms with van der Waals surface area (Å²) in [5.74, 6) is 0.930. The number of methoxy groups -OCH3 is 1. The van der Waals surface area contributed by atoms with E-state index in [2.05, 4.69) is 39.6 Å². The molecule has 6 nitrogen and oxygen atoms in total. The van der Waals surface area contributed by atoms with Crippen LogP contribution >= 0.6 is 15.9 Å². The summed E-state index contributed by atoms with van der Waals surface area (Å²) in [4.78, 5) is 12.4. The summed E-state index contributed by atoms with van der Waals surface area (Å²) < 4.78 is 17.7. The van der Waals surface area contributed by atoms with Gasteiger partial charge < -0.3 is 13.9 Å². The normalized spacial score (nSPS) is 10.9. The van der Waals surface area contributed by atoms with Crippen LogP contribution in [0.4, 0.5) is 0 Å². The maximum absolute atomic E-state index is 12.4. The fourth-order valence-corrected chi connectivity index (χ4v) is 3.25. The molecule has 3 aromatic rings. The van der Waals surface area contributed by atoms with Crippen molar-refractivity contribution >= 4 is 39.0 Å². The van der Waals surface area contributed by atoms with Crippen LogP contribution in [-0.4, -0.2) is 25.8 Å². The van der Waals surface area contributed by atoms with Gasteiger partial charge in [0.15, 0.2) is 17.3 Å². The van der Waals surface area contributed by atoms with Crippen LogP contribution in [0.2, 0.25) is 0 Å². The Hall–Kier alpha value is -3.32. The van der Waals surface area contributed by atoms with Gasteiger partial charge in [0.1, 0.15) is 12.2 Å². The van der Waals surface area contributed by atoms with Crippen molar-refractivity contribution < 1.29 is 18.7 Å². The Kier molecular flexibility index (Phi) is 7.08. The summed E-state index contributed by atoms with van der Waals surface area (Å²) >= 11 is 3.40. The van der Waals surface area contributed by atoms with Crippen LogP contribution in [-0.2, 0) is 6.42 Å². The van der Waals surface area contributed by atoms with Gasteiger partial charge in [0.2, 0.25) is 0 Å². The number of nitrogens with zero attached hydrogens (tertiary/aromatic N) is 1. The van der Waals surface area contributed by atoms with E-state index in [0.717, 1.165) is 21.0 Å². The molecule has 0 radical (unpaired) electrons. The molecule has 3 rings (SSSR count). The summed E-state index contributed by atoms with van der Waals surface area (Å²) in [6, 6.07) is 10.9. The molecule has 0 atom stereocenters. The number of hydrogen-bond donors (Lipinski definition) is 1. The molecule has 0 unspecified atom stereocenters. The minimum Gasteiger partial charge on any atom is -0.493 e. The Morgan fingerprint density at radius 2 is 2.07 bits per heavy atom. The molecule has 0 fully saturated rings. The number of hydrogen-bond acceptors (Lipinski definition) is 5. The lowest BCUT2D eigenvalue weighted by atomic mass is 10.1. The quantitative estimate of drug-likeness (QED) is 0.264. The van der Waals surface area contributed by atoms with E-state index in [1.807, 2.05) is 18.2 Å². The first kappa shape index (κ1) is 21.4. The zero-order valence-electron chi connectivity index (χ0n) is 16.5. The predicted octanol–water partition coefficient (Wildman–Crippen LogP) is 5.26. The number of halogens is 1.